The molecule has 1 N–H and O–H groups in total. The van der Waals surface area contributed by atoms with Gasteiger partial charge in [0.1, 0.15) is 0 Å². The van der Waals surface area contributed by atoms with E-state index in [0.717, 1.165) is 27.1 Å². The molecule has 3 rings (SSSR count). The van der Waals surface area contributed by atoms with Crippen molar-refractivity contribution in [3.8, 4) is 10.6 Å². The van der Waals surface area contributed by atoms with Gasteiger partial charge >= 0.3 is 5.38 Å². The van der Waals surface area contributed by atoms with E-state index in [1.54, 1.807) is 6.20 Å². The van der Waals surface area contributed by atoms with Crippen LogP contribution in [0.5, 0.6) is 0 Å². The number of fused-ring (bicyclic) bond motifs is 1. The maximum Gasteiger partial charge on any atom is 0.383 e. The highest BCUT2D eigenvalue weighted by molar-refractivity contribution is 7.19. The first-order valence-corrected chi connectivity index (χ1v) is 5.96. The monoisotopic (exact) mass is 290 g/mol. The maximum atomic E-state index is 13.0. The highest BCUT2D eigenvalue weighted by atomic mass is 35.5. The van der Waals surface area contributed by atoms with Crippen molar-refractivity contribution in [2.75, 3.05) is 0 Å². The quantitative estimate of drug-likeness (QED) is 0.734. The van der Waals surface area contributed by atoms with Gasteiger partial charge in [0, 0.05) is 5.69 Å². The van der Waals surface area contributed by atoms with Gasteiger partial charge in [0.05, 0.1) is 11.8 Å². The molecule has 0 spiro atoms. The van der Waals surface area contributed by atoms with Crippen LogP contribution < -0.4 is 0 Å². The van der Waals surface area contributed by atoms with Crippen LogP contribution in [0.3, 0.4) is 0 Å². The fraction of sp³-hybridized carbons (Fsp3) is 0.250. The predicted molar refractivity (Wildman–Crippen MR) is 60.7 cm³/mol. The van der Waals surface area contributed by atoms with Crippen LogP contribution in [0, 0.1) is 6.92 Å². The molecule has 0 aliphatic carbocycles. The second-order valence-corrected chi connectivity index (χ2v) is 4.96. The molecule has 0 aliphatic heterocycles. The molecule has 0 aliphatic rings. The normalized spacial score (nSPS) is 12.4. The van der Waals surface area contributed by atoms with E-state index in [9.17, 15) is 8.78 Å². The van der Waals surface area contributed by atoms with Crippen molar-refractivity contribution in [3.05, 3.63) is 17.7 Å². The number of hydrogen-bond acceptors (Lipinski definition) is 5. The summed E-state index contributed by atoms with van der Waals surface area (Å²) < 4.78 is 27.0. The number of aromatic nitrogens is 6. The van der Waals surface area contributed by atoms with E-state index in [-0.39, 0.29) is 4.96 Å². The Balaban J connectivity index is 2.19. The van der Waals surface area contributed by atoms with Crippen molar-refractivity contribution in [1.82, 2.24) is 30.0 Å². The third-order valence-electron chi connectivity index (χ3n) is 2.30. The number of aryl methyl sites for hydroxylation is 1. The lowest BCUT2D eigenvalue weighted by molar-refractivity contribution is 0.0821. The highest BCUT2D eigenvalue weighted by Gasteiger charge is 2.35. The summed E-state index contributed by atoms with van der Waals surface area (Å²) in [5.74, 6) is -0.692. The zero-order valence-corrected chi connectivity index (χ0v) is 10.4. The number of hydrogen-bond donors (Lipinski definition) is 1. The molecule has 0 aromatic carbocycles. The van der Waals surface area contributed by atoms with E-state index in [1.165, 1.54) is 0 Å². The molecule has 6 nitrogen and oxygen atoms in total. The van der Waals surface area contributed by atoms with Crippen molar-refractivity contribution < 1.29 is 8.78 Å². The van der Waals surface area contributed by atoms with Gasteiger partial charge in [-0.05, 0) is 18.5 Å². The fourth-order valence-corrected chi connectivity index (χ4v) is 2.49. The Labute approximate surface area is 108 Å². The van der Waals surface area contributed by atoms with Gasteiger partial charge in [-0.3, -0.25) is 5.10 Å². The third-order valence-corrected chi connectivity index (χ3v) is 3.41. The number of H-pyrrole nitrogens is 1. The molecular formula is C8H5ClF2N6S. The molecule has 0 saturated carbocycles. The largest absolute Gasteiger partial charge is 0.383 e. The van der Waals surface area contributed by atoms with E-state index >= 15 is 0 Å². The minimum absolute atomic E-state index is 0.251. The van der Waals surface area contributed by atoms with Crippen LogP contribution in [-0.4, -0.2) is 30.0 Å². The molecule has 0 amide bonds. The fourth-order valence-electron chi connectivity index (χ4n) is 1.47. The molecule has 3 aromatic rings. The average Bonchev–Trinajstić information content (AvgIpc) is 2.87. The summed E-state index contributed by atoms with van der Waals surface area (Å²) >= 11 is 6.07. The van der Waals surface area contributed by atoms with E-state index in [2.05, 4.69) is 25.5 Å². The molecule has 0 radical (unpaired) electrons. The second-order valence-electron chi connectivity index (χ2n) is 3.53. The standard InChI is InChI=1S/C8H5ClF2N6S/c1-3-4(2-12-13-3)5-16-17-6(8(9,10)11)14-15-7(17)18-5/h2H,1H3,(H,12,13). The number of rotatable bonds is 2. The van der Waals surface area contributed by atoms with Gasteiger partial charge in [-0.1, -0.05) is 11.3 Å². The van der Waals surface area contributed by atoms with Crippen LogP contribution in [0.15, 0.2) is 6.20 Å². The summed E-state index contributed by atoms with van der Waals surface area (Å²) in [4.78, 5) is 0.251. The van der Waals surface area contributed by atoms with Crippen molar-refractivity contribution >= 4 is 27.9 Å². The molecular weight excluding hydrogens is 286 g/mol. The number of aromatic amines is 1. The van der Waals surface area contributed by atoms with Crippen LogP contribution in [-0.2, 0) is 5.38 Å². The molecule has 18 heavy (non-hydrogen) atoms. The summed E-state index contributed by atoms with van der Waals surface area (Å²) in [5, 5.41) is 14.5. The maximum absolute atomic E-state index is 13.0. The van der Waals surface area contributed by atoms with Crippen molar-refractivity contribution in [2.45, 2.75) is 12.3 Å². The number of alkyl halides is 3. The van der Waals surface area contributed by atoms with E-state index in [4.69, 9.17) is 11.6 Å². The van der Waals surface area contributed by atoms with Crippen molar-refractivity contribution in [1.29, 1.82) is 0 Å². The van der Waals surface area contributed by atoms with E-state index in [1.807, 2.05) is 6.92 Å². The molecule has 0 fully saturated rings. The lowest BCUT2D eigenvalue weighted by atomic mass is 10.3. The summed E-state index contributed by atoms with van der Waals surface area (Å²) in [6, 6.07) is 0. The van der Waals surface area contributed by atoms with Gasteiger partial charge in [0.25, 0.3) is 0 Å². The SMILES string of the molecule is Cc1[nH]ncc1-c1nn2c(C(F)(F)Cl)nnc2s1. The van der Waals surface area contributed by atoms with Gasteiger partial charge in [0.15, 0.2) is 5.01 Å². The Hall–Kier alpha value is -1.61. The van der Waals surface area contributed by atoms with Crippen molar-refractivity contribution in [3.63, 3.8) is 0 Å². The van der Waals surface area contributed by atoms with Gasteiger partial charge in [-0.25, -0.2) is 0 Å². The Bertz CT molecular complexity index is 711. The Kier molecular flexibility index (Phi) is 2.35. The van der Waals surface area contributed by atoms with Gasteiger partial charge in [0.2, 0.25) is 10.8 Å². The molecule has 10 heteroatoms. The van der Waals surface area contributed by atoms with Gasteiger partial charge < -0.3 is 0 Å². The summed E-state index contributed by atoms with van der Waals surface area (Å²) in [6.07, 6.45) is 1.57. The summed E-state index contributed by atoms with van der Waals surface area (Å²) in [7, 11) is 0. The smallest absolute Gasteiger partial charge is 0.282 e. The van der Waals surface area contributed by atoms with Crippen LogP contribution in [0.25, 0.3) is 15.5 Å². The zero-order chi connectivity index (χ0) is 12.9. The predicted octanol–water partition coefficient (Wildman–Crippen LogP) is 2.17. The van der Waals surface area contributed by atoms with Crippen LogP contribution >= 0.6 is 22.9 Å². The zero-order valence-electron chi connectivity index (χ0n) is 8.86. The van der Waals surface area contributed by atoms with Crippen molar-refractivity contribution in [2.24, 2.45) is 0 Å². The van der Waals surface area contributed by atoms with Gasteiger partial charge in [-0.15, -0.1) is 10.2 Å². The van der Waals surface area contributed by atoms with E-state index in [0.29, 0.717) is 5.01 Å². The van der Waals surface area contributed by atoms with Gasteiger partial charge in [-0.2, -0.15) is 23.5 Å². The van der Waals surface area contributed by atoms with Crippen LogP contribution in [0.4, 0.5) is 8.78 Å². The molecule has 94 valence electrons. The second kappa shape index (κ2) is 3.69. The molecule has 0 saturated heterocycles. The van der Waals surface area contributed by atoms with E-state index < -0.39 is 11.2 Å². The minimum atomic E-state index is -3.60. The first-order chi connectivity index (χ1) is 8.47. The van der Waals surface area contributed by atoms with Crippen LogP contribution in [0.2, 0.25) is 0 Å². The lowest BCUT2D eigenvalue weighted by Gasteiger charge is -2.01. The Morgan fingerprint density at radius 1 is 1.44 bits per heavy atom. The molecule has 0 bridgehead atoms. The first-order valence-electron chi connectivity index (χ1n) is 4.76. The Morgan fingerprint density at radius 3 is 2.83 bits per heavy atom. The highest BCUT2D eigenvalue weighted by Crippen LogP contribution is 2.33. The number of nitrogens with zero attached hydrogens (tertiary/aromatic N) is 5. The topological polar surface area (TPSA) is 71.8 Å². The Morgan fingerprint density at radius 2 is 2.22 bits per heavy atom. The lowest BCUT2D eigenvalue weighted by Crippen LogP contribution is -2.10. The number of nitrogens with one attached hydrogen (secondary N) is 1. The third kappa shape index (κ3) is 1.66. The number of halogens is 3. The average molecular weight is 291 g/mol. The summed E-state index contributed by atoms with van der Waals surface area (Å²) in [6.45, 7) is 1.81. The molecule has 0 atom stereocenters. The molecule has 0 unspecified atom stereocenters. The molecule has 3 heterocycles. The minimum Gasteiger partial charge on any atom is -0.282 e. The van der Waals surface area contributed by atoms with Crippen LogP contribution in [0.1, 0.15) is 11.5 Å². The molecule has 3 aromatic heterocycles. The summed E-state index contributed by atoms with van der Waals surface area (Å²) in [5.41, 5.74) is 1.52. The first kappa shape index (κ1) is 11.5.